The second-order valence-corrected chi connectivity index (χ2v) is 8.24. The number of anilines is 1. The summed E-state index contributed by atoms with van der Waals surface area (Å²) in [5.74, 6) is -0.396. The maximum Gasteiger partial charge on any atom is 0.258 e. The number of rotatable bonds is 6. The van der Waals surface area contributed by atoms with Crippen molar-refractivity contribution in [1.29, 1.82) is 0 Å². The van der Waals surface area contributed by atoms with Crippen LogP contribution in [0.2, 0.25) is 10.0 Å². The Balaban J connectivity index is 1.58. The van der Waals surface area contributed by atoms with Crippen molar-refractivity contribution < 1.29 is 13.9 Å². The molecule has 3 aromatic carbocycles. The van der Waals surface area contributed by atoms with E-state index in [1.807, 2.05) is 30.5 Å². The van der Waals surface area contributed by atoms with Crippen LogP contribution in [0.5, 0.6) is 5.75 Å². The van der Waals surface area contributed by atoms with Crippen LogP contribution in [0.1, 0.15) is 15.9 Å². The Morgan fingerprint density at radius 1 is 1.12 bits per heavy atom. The average Bonchev–Trinajstić information content (AvgIpc) is 3.24. The molecule has 0 aliphatic rings. The van der Waals surface area contributed by atoms with Gasteiger partial charge in [0.05, 0.1) is 17.8 Å². The van der Waals surface area contributed by atoms with Crippen LogP contribution in [0.4, 0.5) is 10.1 Å². The van der Waals surface area contributed by atoms with Crippen molar-refractivity contribution in [2.75, 3.05) is 19.0 Å². The fourth-order valence-corrected chi connectivity index (χ4v) is 3.81. The largest absolute Gasteiger partial charge is 0.495 e. The third-order valence-electron chi connectivity index (χ3n) is 5.15. The molecule has 6 nitrogen and oxygen atoms in total. The average molecular weight is 499 g/mol. The molecule has 34 heavy (non-hydrogen) atoms. The molecule has 4 rings (SSSR count). The Bertz CT molecular complexity index is 1370. The Hall–Kier alpha value is -3.55. The van der Waals surface area contributed by atoms with Gasteiger partial charge in [-0.2, -0.15) is 0 Å². The zero-order valence-corrected chi connectivity index (χ0v) is 19.7. The quantitative estimate of drug-likeness (QED) is 0.223. The van der Waals surface area contributed by atoms with E-state index in [1.165, 1.54) is 19.2 Å². The highest BCUT2D eigenvalue weighted by Gasteiger charge is 2.14. The first-order valence-corrected chi connectivity index (χ1v) is 11.2. The molecule has 0 bridgehead atoms. The molecule has 0 aliphatic carbocycles. The number of amides is 1. The highest BCUT2D eigenvalue weighted by atomic mass is 35.5. The summed E-state index contributed by atoms with van der Waals surface area (Å²) in [5, 5.41) is 7.27. The van der Waals surface area contributed by atoms with E-state index in [0.29, 0.717) is 29.4 Å². The number of para-hydroxylation sites is 1. The first kappa shape index (κ1) is 23.6. The van der Waals surface area contributed by atoms with Crippen LogP contribution in [0.3, 0.4) is 0 Å². The lowest BCUT2D eigenvalue weighted by atomic mass is 10.1. The highest BCUT2D eigenvalue weighted by molar-refractivity contribution is 6.31. The number of halogens is 3. The number of nitrogens with one attached hydrogen (secondary N) is 3. The number of nitrogens with zero attached hydrogens (tertiary/aromatic N) is 1. The summed E-state index contributed by atoms with van der Waals surface area (Å²) in [6.07, 6.45) is 2.59. The van der Waals surface area contributed by atoms with Gasteiger partial charge in [0, 0.05) is 34.2 Å². The molecule has 0 fully saturated rings. The standard InChI is InChI=1S/C25H21Cl2FN4O2/c1-34-23-9-7-17(26)13-22(23)31-25(32-24(33)15-6-8-20(28)19(27)12-15)29-11-10-16-14-30-21-5-3-2-4-18(16)21/h2-9,12-14,30H,10-11H2,1H3,(H2,29,31,32,33). The third kappa shape index (κ3) is 5.50. The van der Waals surface area contributed by atoms with Gasteiger partial charge in [0.25, 0.3) is 5.91 Å². The number of hydrogen-bond acceptors (Lipinski definition) is 3. The number of carbonyl (C=O) groups excluding carboxylic acids is 1. The third-order valence-corrected chi connectivity index (χ3v) is 5.68. The summed E-state index contributed by atoms with van der Waals surface area (Å²) in [5.41, 5.74) is 2.87. The molecule has 174 valence electrons. The molecule has 0 spiro atoms. The SMILES string of the molecule is COc1ccc(Cl)cc1NC(=NCCc1c[nH]c2ccccc12)NC(=O)c1ccc(F)c(Cl)c1. The highest BCUT2D eigenvalue weighted by Crippen LogP contribution is 2.27. The van der Waals surface area contributed by atoms with Crippen molar-refractivity contribution in [3.63, 3.8) is 0 Å². The first-order valence-electron chi connectivity index (χ1n) is 10.4. The van der Waals surface area contributed by atoms with Crippen molar-refractivity contribution in [3.8, 4) is 5.75 Å². The molecular weight excluding hydrogens is 478 g/mol. The van der Waals surface area contributed by atoms with E-state index >= 15 is 0 Å². The lowest BCUT2D eigenvalue weighted by Gasteiger charge is -2.15. The van der Waals surface area contributed by atoms with Gasteiger partial charge in [-0.05, 0) is 54.4 Å². The number of methoxy groups -OCH3 is 1. The van der Waals surface area contributed by atoms with E-state index in [2.05, 4.69) is 20.6 Å². The lowest BCUT2D eigenvalue weighted by Crippen LogP contribution is -2.36. The van der Waals surface area contributed by atoms with Gasteiger partial charge in [-0.1, -0.05) is 41.4 Å². The van der Waals surface area contributed by atoms with Crippen molar-refractivity contribution >= 4 is 51.7 Å². The fraction of sp³-hybridized carbons (Fsp3) is 0.120. The van der Waals surface area contributed by atoms with E-state index in [-0.39, 0.29) is 16.5 Å². The number of ether oxygens (including phenoxy) is 1. The van der Waals surface area contributed by atoms with Gasteiger partial charge in [-0.15, -0.1) is 0 Å². The Kier molecular flexibility index (Phi) is 7.35. The van der Waals surface area contributed by atoms with Gasteiger partial charge in [-0.3, -0.25) is 15.1 Å². The number of aromatic nitrogens is 1. The van der Waals surface area contributed by atoms with Crippen molar-refractivity contribution in [1.82, 2.24) is 10.3 Å². The number of H-pyrrole nitrogens is 1. The van der Waals surface area contributed by atoms with Crippen LogP contribution < -0.4 is 15.4 Å². The minimum atomic E-state index is -0.604. The van der Waals surface area contributed by atoms with E-state index in [1.54, 1.807) is 18.2 Å². The predicted octanol–water partition coefficient (Wildman–Crippen LogP) is 6.06. The molecule has 1 amide bonds. The molecule has 1 aromatic heterocycles. The summed E-state index contributed by atoms with van der Waals surface area (Å²) in [7, 11) is 1.53. The zero-order chi connectivity index (χ0) is 24.1. The van der Waals surface area contributed by atoms with Crippen molar-refractivity contribution in [2.24, 2.45) is 4.99 Å². The fourth-order valence-electron chi connectivity index (χ4n) is 3.46. The predicted molar refractivity (Wildman–Crippen MR) is 135 cm³/mol. The first-order chi connectivity index (χ1) is 16.4. The lowest BCUT2D eigenvalue weighted by molar-refractivity contribution is 0.0977. The summed E-state index contributed by atoms with van der Waals surface area (Å²) < 4.78 is 18.9. The molecule has 4 aromatic rings. The molecule has 0 saturated carbocycles. The van der Waals surface area contributed by atoms with Crippen molar-refractivity contribution in [3.05, 3.63) is 93.8 Å². The van der Waals surface area contributed by atoms with Gasteiger partial charge in [0.2, 0.25) is 5.96 Å². The molecule has 9 heteroatoms. The molecular formula is C25H21Cl2FN4O2. The van der Waals surface area contributed by atoms with Gasteiger partial charge in [0.1, 0.15) is 11.6 Å². The van der Waals surface area contributed by atoms with E-state index in [4.69, 9.17) is 27.9 Å². The number of aliphatic imine (C=N–C) groups is 1. The summed E-state index contributed by atoms with van der Waals surface area (Å²) in [6.45, 7) is 0.386. The number of aromatic amines is 1. The smallest absolute Gasteiger partial charge is 0.258 e. The van der Waals surface area contributed by atoms with Crippen molar-refractivity contribution in [2.45, 2.75) is 6.42 Å². The molecule has 1 heterocycles. The normalized spacial score (nSPS) is 11.5. The van der Waals surface area contributed by atoms with E-state index in [0.717, 1.165) is 22.5 Å². The minimum absolute atomic E-state index is 0.144. The summed E-state index contributed by atoms with van der Waals surface area (Å²) in [4.78, 5) is 20.6. The maximum atomic E-state index is 13.5. The van der Waals surface area contributed by atoms with Crippen LogP contribution >= 0.6 is 23.2 Å². The molecule has 3 N–H and O–H groups in total. The topological polar surface area (TPSA) is 78.5 Å². The second kappa shape index (κ2) is 10.6. The Morgan fingerprint density at radius 3 is 2.74 bits per heavy atom. The van der Waals surface area contributed by atoms with Gasteiger partial charge in [0.15, 0.2) is 0 Å². The maximum absolute atomic E-state index is 13.5. The molecule has 0 radical (unpaired) electrons. The van der Waals surface area contributed by atoms with Gasteiger partial charge in [-0.25, -0.2) is 4.39 Å². The minimum Gasteiger partial charge on any atom is -0.495 e. The molecule has 0 aliphatic heterocycles. The summed E-state index contributed by atoms with van der Waals surface area (Å²) in [6, 6.07) is 16.8. The monoisotopic (exact) mass is 498 g/mol. The number of fused-ring (bicyclic) bond motifs is 1. The molecule has 0 atom stereocenters. The van der Waals surface area contributed by atoms with Crippen LogP contribution in [0.15, 0.2) is 71.9 Å². The van der Waals surface area contributed by atoms with Crippen LogP contribution in [0.25, 0.3) is 10.9 Å². The molecule has 0 unspecified atom stereocenters. The van der Waals surface area contributed by atoms with Crippen LogP contribution in [0, 0.1) is 5.82 Å². The van der Waals surface area contributed by atoms with Crippen LogP contribution in [-0.4, -0.2) is 30.5 Å². The van der Waals surface area contributed by atoms with E-state index < -0.39 is 11.7 Å². The van der Waals surface area contributed by atoms with Gasteiger partial charge >= 0.3 is 0 Å². The van der Waals surface area contributed by atoms with Gasteiger partial charge < -0.3 is 15.0 Å². The number of hydrogen-bond donors (Lipinski definition) is 3. The molecule has 0 saturated heterocycles. The number of benzene rings is 3. The second-order valence-electron chi connectivity index (χ2n) is 7.39. The Labute approximate surface area is 205 Å². The summed E-state index contributed by atoms with van der Waals surface area (Å²) >= 11 is 12.0. The van der Waals surface area contributed by atoms with Crippen LogP contribution in [-0.2, 0) is 6.42 Å². The zero-order valence-electron chi connectivity index (χ0n) is 18.2. The van der Waals surface area contributed by atoms with E-state index in [9.17, 15) is 9.18 Å². The number of guanidine groups is 1. The number of carbonyl (C=O) groups is 1. The Morgan fingerprint density at radius 2 is 1.94 bits per heavy atom.